The van der Waals surface area contributed by atoms with Crippen molar-refractivity contribution in [2.45, 2.75) is 20.3 Å². The van der Waals surface area contributed by atoms with Crippen LogP contribution in [0.1, 0.15) is 27.4 Å². The molecular weight excluding hydrogens is 405 g/mol. The van der Waals surface area contributed by atoms with Crippen molar-refractivity contribution in [3.63, 3.8) is 0 Å². The first-order valence-electron chi connectivity index (χ1n) is 9.34. The lowest BCUT2D eigenvalue weighted by atomic mass is 10.1. The van der Waals surface area contributed by atoms with E-state index in [0.717, 1.165) is 6.07 Å². The van der Waals surface area contributed by atoms with Gasteiger partial charge in [0.05, 0.1) is 23.9 Å². The average molecular weight is 423 g/mol. The van der Waals surface area contributed by atoms with Gasteiger partial charge in [0.1, 0.15) is 11.6 Å². The summed E-state index contributed by atoms with van der Waals surface area (Å²) in [6.45, 7) is 3.27. The van der Waals surface area contributed by atoms with Crippen LogP contribution in [0.2, 0.25) is 0 Å². The van der Waals surface area contributed by atoms with Crippen LogP contribution in [0.3, 0.4) is 0 Å². The van der Waals surface area contributed by atoms with E-state index in [1.165, 1.54) is 29.0 Å². The zero-order valence-electron chi connectivity index (χ0n) is 16.7. The summed E-state index contributed by atoms with van der Waals surface area (Å²) in [4.78, 5) is 41.7. The number of carbonyl (C=O) groups excluding carboxylic acids is 2. The van der Waals surface area contributed by atoms with E-state index in [1.807, 2.05) is 0 Å². The third kappa shape index (κ3) is 3.95. The largest absolute Gasteiger partial charge is 0.469 e. The number of benzene rings is 1. The van der Waals surface area contributed by atoms with Crippen molar-refractivity contribution in [3.05, 3.63) is 81.5 Å². The molecule has 0 bridgehead atoms. The smallest absolute Gasteiger partial charge is 0.276 e. The van der Waals surface area contributed by atoms with Crippen molar-refractivity contribution in [1.29, 1.82) is 0 Å². The third-order valence-electron chi connectivity index (χ3n) is 4.78. The van der Waals surface area contributed by atoms with Crippen LogP contribution in [0.5, 0.6) is 0 Å². The highest BCUT2D eigenvalue weighted by atomic mass is 19.1. The molecule has 0 unspecified atom stereocenters. The Hall–Kier alpha value is -4.21. The van der Waals surface area contributed by atoms with E-state index in [9.17, 15) is 18.8 Å². The fourth-order valence-electron chi connectivity index (χ4n) is 3.18. The van der Waals surface area contributed by atoms with Crippen LogP contribution < -0.4 is 16.2 Å². The number of amides is 2. The maximum atomic E-state index is 14.2. The third-order valence-corrected chi connectivity index (χ3v) is 4.78. The Kier molecular flexibility index (Phi) is 5.12. The molecule has 31 heavy (non-hydrogen) atoms. The topological polar surface area (TPSA) is 122 Å². The second-order valence-electron chi connectivity index (χ2n) is 6.90. The molecule has 0 aliphatic carbocycles. The molecule has 9 nitrogen and oxygen atoms in total. The lowest BCUT2D eigenvalue weighted by molar-refractivity contribution is -0.115. The van der Waals surface area contributed by atoms with Crippen LogP contribution in [0.15, 0.2) is 52.0 Å². The fraction of sp³-hybridized carbons (Fsp3) is 0.143. The molecule has 3 N–H and O–H groups in total. The SMILES string of the molecule is Cc1nc2cc[nH]n2c(=O)c1CC(=O)Nc1ccc(F)c(NC(=O)c2ccoc2C)c1. The Labute approximate surface area is 174 Å². The number of aryl methyl sites for hydroxylation is 2. The first kappa shape index (κ1) is 20.1. The van der Waals surface area contributed by atoms with Crippen molar-refractivity contribution in [1.82, 2.24) is 14.6 Å². The molecule has 0 aliphatic heterocycles. The molecule has 2 amide bonds. The van der Waals surface area contributed by atoms with E-state index in [1.54, 1.807) is 26.1 Å². The Bertz CT molecular complexity index is 1370. The van der Waals surface area contributed by atoms with Gasteiger partial charge in [-0.2, -0.15) is 0 Å². The van der Waals surface area contributed by atoms with E-state index in [4.69, 9.17) is 4.42 Å². The maximum absolute atomic E-state index is 14.2. The zero-order chi connectivity index (χ0) is 22.1. The predicted octanol–water partition coefficient (Wildman–Crippen LogP) is 2.81. The monoisotopic (exact) mass is 423 g/mol. The van der Waals surface area contributed by atoms with Crippen molar-refractivity contribution in [3.8, 4) is 0 Å². The van der Waals surface area contributed by atoms with Crippen LogP contribution >= 0.6 is 0 Å². The van der Waals surface area contributed by atoms with E-state index in [0.29, 0.717) is 17.1 Å². The number of halogens is 1. The number of aromatic nitrogens is 3. The maximum Gasteiger partial charge on any atom is 0.276 e. The van der Waals surface area contributed by atoms with Crippen molar-refractivity contribution >= 4 is 28.8 Å². The van der Waals surface area contributed by atoms with E-state index >= 15 is 0 Å². The van der Waals surface area contributed by atoms with Gasteiger partial charge in [0.2, 0.25) is 5.91 Å². The van der Waals surface area contributed by atoms with Crippen molar-refractivity contribution in [2.24, 2.45) is 0 Å². The Morgan fingerprint density at radius 3 is 2.74 bits per heavy atom. The Morgan fingerprint density at radius 2 is 2.00 bits per heavy atom. The lowest BCUT2D eigenvalue weighted by Gasteiger charge is -2.10. The number of hydrogen-bond acceptors (Lipinski definition) is 5. The van der Waals surface area contributed by atoms with Gasteiger partial charge in [-0.3, -0.25) is 19.5 Å². The average Bonchev–Trinajstić information content (AvgIpc) is 3.36. The molecule has 0 aliphatic rings. The molecule has 158 valence electrons. The minimum Gasteiger partial charge on any atom is -0.469 e. The molecule has 0 atom stereocenters. The summed E-state index contributed by atoms with van der Waals surface area (Å²) in [5.74, 6) is -1.29. The number of aromatic amines is 1. The molecule has 4 rings (SSSR count). The summed E-state index contributed by atoms with van der Waals surface area (Å²) in [5, 5.41) is 7.82. The minimum absolute atomic E-state index is 0.103. The number of rotatable bonds is 5. The van der Waals surface area contributed by atoms with Gasteiger partial charge in [0, 0.05) is 29.2 Å². The summed E-state index contributed by atoms with van der Waals surface area (Å²) in [5.41, 5.74) is 1.21. The van der Waals surface area contributed by atoms with Gasteiger partial charge in [-0.1, -0.05) is 0 Å². The Balaban J connectivity index is 1.51. The molecule has 3 heterocycles. The highest BCUT2D eigenvalue weighted by molar-refractivity contribution is 6.05. The summed E-state index contributed by atoms with van der Waals surface area (Å²) in [6, 6.07) is 6.91. The molecule has 0 saturated carbocycles. The highest BCUT2D eigenvalue weighted by Gasteiger charge is 2.17. The van der Waals surface area contributed by atoms with Crippen LogP contribution in [0.4, 0.5) is 15.8 Å². The highest BCUT2D eigenvalue weighted by Crippen LogP contribution is 2.21. The Morgan fingerprint density at radius 1 is 1.19 bits per heavy atom. The van der Waals surface area contributed by atoms with E-state index in [-0.39, 0.29) is 34.5 Å². The number of nitrogens with one attached hydrogen (secondary N) is 3. The van der Waals surface area contributed by atoms with Gasteiger partial charge in [-0.25, -0.2) is 13.9 Å². The number of hydrogen-bond donors (Lipinski definition) is 3. The molecule has 0 radical (unpaired) electrons. The number of fused-ring (bicyclic) bond motifs is 1. The second kappa shape index (κ2) is 7.90. The van der Waals surface area contributed by atoms with Gasteiger partial charge in [-0.05, 0) is 38.1 Å². The number of nitrogens with zero attached hydrogens (tertiary/aromatic N) is 2. The summed E-state index contributed by atoms with van der Waals surface area (Å²) in [7, 11) is 0. The molecule has 3 aromatic heterocycles. The van der Waals surface area contributed by atoms with Gasteiger partial charge in [0.15, 0.2) is 5.65 Å². The fourth-order valence-corrected chi connectivity index (χ4v) is 3.18. The molecule has 10 heteroatoms. The second-order valence-corrected chi connectivity index (χ2v) is 6.90. The van der Waals surface area contributed by atoms with Gasteiger partial charge in [-0.15, -0.1) is 0 Å². The summed E-state index contributed by atoms with van der Waals surface area (Å²) >= 11 is 0. The lowest BCUT2D eigenvalue weighted by Crippen LogP contribution is -2.26. The number of carbonyl (C=O) groups is 2. The van der Waals surface area contributed by atoms with Crippen molar-refractivity contribution < 1.29 is 18.4 Å². The van der Waals surface area contributed by atoms with Gasteiger partial charge in [0.25, 0.3) is 11.5 Å². The molecule has 0 saturated heterocycles. The van der Waals surface area contributed by atoms with Gasteiger partial charge >= 0.3 is 0 Å². The van der Waals surface area contributed by atoms with Crippen LogP contribution in [-0.4, -0.2) is 26.4 Å². The van der Waals surface area contributed by atoms with E-state index < -0.39 is 17.6 Å². The molecular formula is C21H18FN5O4. The first-order valence-corrected chi connectivity index (χ1v) is 9.34. The number of furan rings is 1. The normalized spacial score (nSPS) is 10.9. The van der Waals surface area contributed by atoms with Crippen molar-refractivity contribution in [2.75, 3.05) is 10.6 Å². The molecule has 4 aromatic rings. The molecule has 1 aromatic carbocycles. The summed E-state index contributed by atoms with van der Waals surface area (Å²) in [6.07, 6.45) is 2.72. The van der Waals surface area contributed by atoms with Crippen LogP contribution in [0, 0.1) is 19.7 Å². The standard InChI is InChI=1S/C21H18FN5O4/c1-11-15(21(30)27-18(24-11)5-7-23-27)10-19(28)25-13-3-4-16(22)17(9-13)26-20(29)14-6-8-31-12(14)2/h3-9,23H,10H2,1-2H3,(H,25,28)(H,26,29). The van der Waals surface area contributed by atoms with Crippen LogP contribution in [-0.2, 0) is 11.2 Å². The predicted molar refractivity (Wildman–Crippen MR) is 111 cm³/mol. The van der Waals surface area contributed by atoms with Gasteiger partial charge < -0.3 is 15.1 Å². The molecule has 0 fully saturated rings. The number of H-pyrrole nitrogens is 1. The number of anilines is 2. The summed E-state index contributed by atoms with van der Waals surface area (Å²) < 4.78 is 20.5. The first-order chi connectivity index (χ1) is 14.8. The minimum atomic E-state index is -0.664. The van der Waals surface area contributed by atoms with E-state index in [2.05, 4.69) is 20.7 Å². The zero-order valence-corrected chi connectivity index (χ0v) is 16.7. The van der Waals surface area contributed by atoms with Crippen LogP contribution in [0.25, 0.3) is 5.65 Å². The molecule has 0 spiro atoms. The quantitative estimate of drug-likeness (QED) is 0.456.